The Morgan fingerprint density at radius 1 is 1.46 bits per heavy atom. The van der Waals surface area contributed by atoms with Gasteiger partial charge in [0.05, 0.1) is 6.61 Å². The number of carboxylic acid groups (broad SMARTS) is 1. The van der Waals surface area contributed by atoms with Crippen molar-refractivity contribution in [3.63, 3.8) is 0 Å². The zero-order chi connectivity index (χ0) is 9.68. The lowest BCUT2D eigenvalue weighted by molar-refractivity contribution is -0.137. The maximum Gasteiger partial charge on any atom is 0.336 e. The second kappa shape index (κ2) is 4.84. The van der Waals surface area contributed by atoms with Gasteiger partial charge in [-0.05, 0) is 17.7 Å². The number of hydrogen-bond donors (Lipinski definition) is 1. The van der Waals surface area contributed by atoms with Gasteiger partial charge in [-0.3, -0.25) is 0 Å². The van der Waals surface area contributed by atoms with Crippen LogP contribution in [0.3, 0.4) is 0 Å². The normalized spacial score (nSPS) is 9.92. The van der Waals surface area contributed by atoms with Crippen molar-refractivity contribution in [3.8, 4) is 0 Å². The van der Waals surface area contributed by atoms with Crippen LogP contribution in [0.5, 0.6) is 0 Å². The molecule has 0 amide bonds. The van der Waals surface area contributed by atoms with Gasteiger partial charge in [0.25, 0.3) is 0 Å². The number of carboxylic acids is 1. The molecule has 0 fully saturated rings. The minimum atomic E-state index is -1.09. The van der Waals surface area contributed by atoms with E-state index in [9.17, 15) is 4.79 Å². The fourth-order valence-electron chi connectivity index (χ4n) is 0.790. The molecule has 0 spiro atoms. The molecule has 0 aliphatic heterocycles. The fraction of sp³-hybridized carbons (Fsp3) is 0.111. The van der Waals surface area contributed by atoms with Crippen LogP contribution in [0.4, 0.5) is 0 Å². The van der Waals surface area contributed by atoms with E-state index < -0.39 is 5.97 Å². The molecule has 0 atom stereocenters. The highest BCUT2D eigenvalue weighted by Gasteiger charge is 1.98. The van der Waals surface area contributed by atoms with Crippen LogP contribution in [0, 0.1) is 6.61 Å². The van der Waals surface area contributed by atoms with Gasteiger partial charge < -0.3 is 9.84 Å². The van der Waals surface area contributed by atoms with Crippen LogP contribution < -0.4 is 0 Å². The highest BCUT2D eigenvalue weighted by Crippen LogP contribution is 2.10. The first kappa shape index (κ1) is 10.0. The predicted octanol–water partition coefficient (Wildman–Crippen LogP) is 2.10. The van der Waals surface area contributed by atoms with Crippen LogP contribution in [0.1, 0.15) is 5.56 Å². The lowest BCUT2D eigenvalue weighted by Crippen LogP contribution is -1.99. The second-order valence-corrected chi connectivity index (χ2v) is 2.83. The molecule has 0 aromatic heterocycles. The van der Waals surface area contributed by atoms with Gasteiger partial charge >= 0.3 is 5.97 Å². The molecular formula is C9H8ClO3. The molecule has 0 bridgehead atoms. The Morgan fingerprint density at radius 3 is 2.62 bits per heavy atom. The summed E-state index contributed by atoms with van der Waals surface area (Å²) in [7, 11) is 0. The zero-order valence-electron chi connectivity index (χ0n) is 6.74. The number of carbonyl (C=O) groups is 1. The topological polar surface area (TPSA) is 46.5 Å². The Hall–Kier alpha value is -1.06. The molecule has 4 heteroatoms. The van der Waals surface area contributed by atoms with Crippen LogP contribution in [-0.2, 0) is 16.1 Å². The molecular weight excluding hydrogens is 192 g/mol. The SMILES string of the molecule is O=C(O)[CH]OCc1ccc(Cl)cc1. The molecule has 0 aliphatic carbocycles. The van der Waals surface area contributed by atoms with Crippen molar-refractivity contribution in [1.82, 2.24) is 0 Å². The largest absolute Gasteiger partial charge is 0.479 e. The monoisotopic (exact) mass is 199 g/mol. The smallest absolute Gasteiger partial charge is 0.336 e. The Labute approximate surface area is 80.9 Å². The molecule has 3 nitrogen and oxygen atoms in total. The van der Waals surface area contributed by atoms with E-state index in [1.54, 1.807) is 24.3 Å². The van der Waals surface area contributed by atoms with Gasteiger partial charge in [0.2, 0.25) is 0 Å². The lowest BCUT2D eigenvalue weighted by Gasteiger charge is -2.00. The van der Waals surface area contributed by atoms with Crippen molar-refractivity contribution in [2.45, 2.75) is 6.61 Å². The first-order valence-corrected chi connectivity index (χ1v) is 3.98. The minimum absolute atomic E-state index is 0.240. The molecule has 1 radical (unpaired) electrons. The van der Waals surface area contributed by atoms with Gasteiger partial charge in [-0.2, -0.15) is 0 Å². The van der Waals surface area contributed by atoms with Crippen molar-refractivity contribution in [1.29, 1.82) is 0 Å². The summed E-state index contributed by atoms with van der Waals surface area (Å²) in [4.78, 5) is 10.0. The van der Waals surface area contributed by atoms with Gasteiger partial charge in [0.15, 0.2) is 6.61 Å². The first-order valence-electron chi connectivity index (χ1n) is 3.60. The van der Waals surface area contributed by atoms with E-state index in [4.69, 9.17) is 21.4 Å². The van der Waals surface area contributed by atoms with Crippen molar-refractivity contribution in [3.05, 3.63) is 41.5 Å². The number of halogens is 1. The summed E-state index contributed by atoms with van der Waals surface area (Å²) in [5.74, 6) is -1.09. The van der Waals surface area contributed by atoms with Crippen LogP contribution in [-0.4, -0.2) is 11.1 Å². The molecule has 1 rings (SSSR count). The van der Waals surface area contributed by atoms with E-state index in [0.717, 1.165) is 12.2 Å². The second-order valence-electron chi connectivity index (χ2n) is 2.39. The highest BCUT2D eigenvalue weighted by molar-refractivity contribution is 6.30. The van der Waals surface area contributed by atoms with Crippen LogP contribution in [0.2, 0.25) is 5.02 Å². The fourth-order valence-corrected chi connectivity index (χ4v) is 0.916. The van der Waals surface area contributed by atoms with E-state index in [0.29, 0.717) is 5.02 Å². The van der Waals surface area contributed by atoms with E-state index in [1.165, 1.54) is 0 Å². The molecule has 0 saturated heterocycles. The minimum Gasteiger partial charge on any atom is -0.479 e. The summed E-state index contributed by atoms with van der Waals surface area (Å²) in [5.41, 5.74) is 0.877. The van der Waals surface area contributed by atoms with Crippen LogP contribution >= 0.6 is 11.6 Å². The third-order valence-electron chi connectivity index (χ3n) is 1.35. The number of hydrogen-bond acceptors (Lipinski definition) is 2. The average Bonchev–Trinajstić information content (AvgIpc) is 2.08. The summed E-state index contributed by atoms with van der Waals surface area (Å²) < 4.78 is 4.75. The van der Waals surface area contributed by atoms with Crippen molar-refractivity contribution < 1.29 is 14.6 Å². The zero-order valence-corrected chi connectivity index (χ0v) is 7.49. The summed E-state index contributed by atoms with van der Waals surface area (Å²) in [6.45, 7) is 0.998. The molecule has 1 aromatic rings. The molecule has 1 aromatic carbocycles. The van der Waals surface area contributed by atoms with Gasteiger partial charge in [0.1, 0.15) is 0 Å². The maximum atomic E-state index is 10.0. The Balaban J connectivity index is 2.37. The lowest BCUT2D eigenvalue weighted by atomic mass is 10.2. The summed E-state index contributed by atoms with van der Waals surface area (Å²) >= 11 is 5.65. The number of rotatable bonds is 4. The molecule has 0 saturated carbocycles. The van der Waals surface area contributed by atoms with Crippen molar-refractivity contribution >= 4 is 17.6 Å². The number of benzene rings is 1. The van der Waals surface area contributed by atoms with Gasteiger partial charge in [0, 0.05) is 5.02 Å². The number of ether oxygens (including phenoxy) is 1. The van der Waals surface area contributed by atoms with E-state index in [-0.39, 0.29) is 6.61 Å². The van der Waals surface area contributed by atoms with E-state index >= 15 is 0 Å². The third kappa shape index (κ3) is 3.92. The van der Waals surface area contributed by atoms with Crippen molar-refractivity contribution in [2.75, 3.05) is 0 Å². The average molecular weight is 200 g/mol. The Morgan fingerprint density at radius 2 is 2.08 bits per heavy atom. The first-order chi connectivity index (χ1) is 6.18. The standard InChI is InChI=1S/C9H8ClO3/c10-8-3-1-7(2-4-8)5-13-6-9(11)12/h1-4,6H,5H2,(H,11,12). The van der Waals surface area contributed by atoms with Gasteiger partial charge in [-0.15, -0.1) is 0 Å². The molecule has 1 N–H and O–H groups in total. The quantitative estimate of drug-likeness (QED) is 0.808. The molecule has 0 aliphatic rings. The Bertz CT molecular complexity index is 281. The van der Waals surface area contributed by atoms with E-state index in [1.807, 2.05) is 0 Å². The molecule has 13 heavy (non-hydrogen) atoms. The highest BCUT2D eigenvalue weighted by atomic mass is 35.5. The van der Waals surface area contributed by atoms with Crippen molar-refractivity contribution in [2.24, 2.45) is 0 Å². The summed E-state index contributed by atoms with van der Waals surface area (Å²) in [6, 6.07) is 7.00. The summed E-state index contributed by atoms with van der Waals surface area (Å²) in [6.07, 6.45) is 0. The predicted molar refractivity (Wildman–Crippen MR) is 48.2 cm³/mol. The molecule has 69 valence electrons. The summed E-state index contributed by atoms with van der Waals surface area (Å²) in [5, 5.41) is 8.88. The van der Waals surface area contributed by atoms with Crippen LogP contribution in [0.25, 0.3) is 0 Å². The van der Waals surface area contributed by atoms with Gasteiger partial charge in [-0.25, -0.2) is 4.79 Å². The molecule has 0 heterocycles. The molecule has 0 unspecified atom stereocenters. The Kier molecular flexibility index (Phi) is 3.73. The maximum absolute atomic E-state index is 10.0. The van der Waals surface area contributed by atoms with Gasteiger partial charge in [-0.1, -0.05) is 23.7 Å². The third-order valence-corrected chi connectivity index (χ3v) is 1.60. The van der Waals surface area contributed by atoms with Crippen LogP contribution in [0.15, 0.2) is 24.3 Å². The van der Waals surface area contributed by atoms with E-state index in [2.05, 4.69) is 0 Å². The number of aliphatic carboxylic acids is 1.